The maximum atomic E-state index is 11.5. The van der Waals surface area contributed by atoms with Crippen molar-refractivity contribution in [3.05, 3.63) is 0 Å². The molecule has 0 radical (unpaired) electrons. The molecule has 1 aliphatic heterocycles. The van der Waals surface area contributed by atoms with Crippen LogP contribution in [0.15, 0.2) is 0 Å². The van der Waals surface area contributed by atoms with Gasteiger partial charge in [0.15, 0.2) is 5.78 Å². The van der Waals surface area contributed by atoms with E-state index in [1.807, 2.05) is 6.92 Å². The zero-order chi connectivity index (χ0) is 12.1. The molecule has 1 aliphatic rings. The van der Waals surface area contributed by atoms with Crippen LogP contribution in [0.1, 0.15) is 19.8 Å². The molecule has 1 atom stereocenters. The molecule has 0 spiro atoms. The number of hydrogen-bond acceptors (Lipinski definition) is 5. The van der Waals surface area contributed by atoms with Crippen molar-refractivity contribution < 1.29 is 23.9 Å². The summed E-state index contributed by atoms with van der Waals surface area (Å²) >= 11 is 0. The number of amides is 1. The molecule has 1 unspecified atom stereocenters. The first kappa shape index (κ1) is 12.5. The summed E-state index contributed by atoms with van der Waals surface area (Å²) in [5, 5.41) is 0. The third kappa shape index (κ3) is 2.71. The molecule has 1 heterocycles. The second kappa shape index (κ2) is 5.48. The van der Waals surface area contributed by atoms with Gasteiger partial charge in [0.2, 0.25) is 0 Å². The van der Waals surface area contributed by atoms with Gasteiger partial charge in [-0.2, -0.15) is 0 Å². The van der Waals surface area contributed by atoms with Gasteiger partial charge in [-0.15, -0.1) is 0 Å². The van der Waals surface area contributed by atoms with Gasteiger partial charge in [0.05, 0.1) is 20.3 Å². The molecule has 1 rings (SSSR count). The van der Waals surface area contributed by atoms with Crippen molar-refractivity contribution in [2.45, 2.75) is 25.8 Å². The fourth-order valence-electron chi connectivity index (χ4n) is 1.50. The predicted octanol–water partition coefficient (Wildman–Crippen LogP) is 0.349. The smallest absolute Gasteiger partial charge is 0.410 e. The summed E-state index contributed by atoms with van der Waals surface area (Å²) in [4.78, 5) is 35.2. The summed E-state index contributed by atoms with van der Waals surface area (Å²) in [7, 11) is 1.22. The predicted molar refractivity (Wildman–Crippen MR) is 53.8 cm³/mol. The van der Waals surface area contributed by atoms with Crippen LogP contribution in [0.25, 0.3) is 0 Å². The molecule has 0 saturated carbocycles. The zero-order valence-corrected chi connectivity index (χ0v) is 9.39. The zero-order valence-electron chi connectivity index (χ0n) is 9.39. The molecule has 90 valence electrons. The summed E-state index contributed by atoms with van der Waals surface area (Å²) < 4.78 is 9.40. The number of esters is 1. The highest BCUT2D eigenvalue weighted by Crippen LogP contribution is 2.16. The van der Waals surface area contributed by atoms with E-state index in [0.29, 0.717) is 6.42 Å². The largest absolute Gasteiger partial charge is 0.467 e. The van der Waals surface area contributed by atoms with Crippen molar-refractivity contribution in [1.82, 2.24) is 4.90 Å². The van der Waals surface area contributed by atoms with Crippen molar-refractivity contribution in [3.63, 3.8) is 0 Å². The van der Waals surface area contributed by atoms with Crippen LogP contribution in [0.2, 0.25) is 0 Å². The van der Waals surface area contributed by atoms with Crippen molar-refractivity contribution in [2.75, 3.05) is 20.3 Å². The van der Waals surface area contributed by atoms with Gasteiger partial charge < -0.3 is 9.47 Å². The Hall–Kier alpha value is -1.59. The summed E-state index contributed by atoms with van der Waals surface area (Å²) in [6.45, 7) is 2.06. The molecule has 0 N–H and O–H groups in total. The summed E-state index contributed by atoms with van der Waals surface area (Å²) in [5.41, 5.74) is 0. The van der Waals surface area contributed by atoms with Crippen molar-refractivity contribution >= 4 is 17.8 Å². The van der Waals surface area contributed by atoms with Gasteiger partial charge in [0.25, 0.3) is 0 Å². The SMILES string of the molecule is CCCOC(=O)N1CC(=O)CC1C(=O)OC. The minimum atomic E-state index is -0.832. The first-order valence-corrected chi connectivity index (χ1v) is 5.13. The molecule has 1 amide bonds. The van der Waals surface area contributed by atoms with E-state index in [0.717, 1.165) is 4.90 Å². The molecular formula is C10H15NO5. The van der Waals surface area contributed by atoms with Gasteiger partial charge in [0, 0.05) is 6.42 Å². The van der Waals surface area contributed by atoms with Crippen LogP contribution in [0, 0.1) is 0 Å². The second-order valence-corrected chi connectivity index (χ2v) is 3.52. The number of hydrogen-bond donors (Lipinski definition) is 0. The Morgan fingerprint density at radius 1 is 1.50 bits per heavy atom. The van der Waals surface area contributed by atoms with E-state index in [9.17, 15) is 14.4 Å². The number of Topliss-reactive ketones (excluding diaryl/α,β-unsaturated/α-hetero) is 1. The van der Waals surface area contributed by atoms with Gasteiger partial charge in [-0.1, -0.05) is 6.92 Å². The lowest BCUT2D eigenvalue weighted by atomic mass is 10.2. The Bertz CT molecular complexity index is 302. The highest BCUT2D eigenvalue weighted by Gasteiger charge is 2.40. The minimum Gasteiger partial charge on any atom is -0.467 e. The van der Waals surface area contributed by atoms with Crippen LogP contribution >= 0.6 is 0 Å². The number of likely N-dealkylation sites (tertiary alicyclic amines) is 1. The molecule has 0 aromatic rings. The average molecular weight is 229 g/mol. The summed E-state index contributed by atoms with van der Waals surface area (Å²) in [6, 6.07) is -0.832. The van der Waals surface area contributed by atoms with Crippen LogP contribution in [-0.2, 0) is 19.1 Å². The van der Waals surface area contributed by atoms with Crippen molar-refractivity contribution in [2.24, 2.45) is 0 Å². The minimum absolute atomic E-state index is 0.00784. The van der Waals surface area contributed by atoms with Gasteiger partial charge in [-0.3, -0.25) is 9.69 Å². The molecule has 6 heteroatoms. The van der Waals surface area contributed by atoms with Gasteiger partial charge in [0.1, 0.15) is 6.04 Å². The number of methoxy groups -OCH3 is 1. The molecule has 16 heavy (non-hydrogen) atoms. The lowest BCUT2D eigenvalue weighted by Gasteiger charge is -2.20. The number of rotatable bonds is 3. The fraction of sp³-hybridized carbons (Fsp3) is 0.700. The van der Waals surface area contributed by atoms with Crippen LogP contribution in [0.4, 0.5) is 4.79 Å². The molecule has 0 aliphatic carbocycles. The number of ether oxygens (including phenoxy) is 2. The van der Waals surface area contributed by atoms with E-state index in [4.69, 9.17) is 4.74 Å². The van der Waals surface area contributed by atoms with Crippen LogP contribution in [0.3, 0.4) is 0 Å². The molecule has 1 fully saturated rings. The second-order valence-electron chi connectivity index (χ2n) is 3.52. The average Bonchev–Trinajstić information content (AvgIpc) is 2.67. The van der Waals surface area contributed by atoms with Crippen molar-refractivity contribution in [1.29, 1.82) is 0 Å². The highest BCUT2D eigenvalue weighted by atomic mass is 16.6. The lowest BCUT2D eigenvalue weighted by Crippen LogP contribution is -2.41. The van der Waals surface area contributed by atoms with Crippen LogP contribution in [-0.4, -0.2) is 49.0 Å². The maximum absolute atomic E-state index is 11.5. The topological polar surface area (TPSA) is 72.9 Å². The molecule has 6 nitrogen and oxygen atoms in total. The van der Waals surface area contributed by atoms with Crippen LogP contribution < -0.4 is 0 Å². The van der Waals surface area contributed by atoms with E-state index in [2.05, 4.69) is 4.74 Å². The Morgan fingerprint density at radius 3 is 2.75 bits per heavy atom. The third-order valence-electron chi connectivity index (χ3n) is 2.28. The normalized spacial score (nSPS) is 19.8. The molecular weight excluding hydrogens is 214 g/mol. The lowest BCUT2D eigenvalue weighted by molar-refractivity contribution is -0.145. The number of carbonyl (C=O) groups excluding carboxylic acids is 3. The molecule has 1 saturated heterocycles. The van der Waals surface area contributed by atoms with E-state index in [1.54, 1.807) is 0 Å². The third-order valence-corrected chi connectivity index (χ3v) is 2.28. The Balaban J connectivity index is 2.65. The van der Waals surface area contributed by atoms with Gasteiger partial charge >= 0.3 is 12.1 Å². The van der Waals surface area contributed by atoms with Gasteiger partial charge in [-0.05, 0) is 6.42 Å². The summed E-state index contributed by atoms with van der Waals surface area (Å²) in [6.07, 6.45) is 0.0627. The van der Waals surface area contributed by atoms with E-state index in [-0.39, 0.29) is 25.4 Å². The first-order valence-electron chi connectivity index (χ1n) is 5.13. The molecule has 0 aromatic heterocycles. The Kier molecular flexibility index (Phi) is 4.28. The number of ketones is 1. The van der Waals surface area contributed by atoms with Crippen molar-refractivity contribution in [3.8, 4) is 0 Å². The maximum Gasteiger partial charge on any atom is 0.410 e. The highest BCUT2D eigenvalue weighted by molar-refractivity contribution is 5.95. The molecule has 0 bridgehead atoms. The monoisotopic (exact) mass is 229 g/mol. The van der Waals surface area contributed by atoms with Crippen LogP contribution in [0.5, 0.6) is 0 Å². The quantitative estimate of drug-likeness (QED) is 0.653. The summed E-state index contributed by atoms with van der Waals surface area (Å²) in [5.74, 6) is -0.747. The molecule has 0 aromatic carbocycles. The Labute approximate surface area is 93.5 Å². The van der Waals surface area contributed by atoms with E-state index < -0.39 is 18.1 Å². The number of carbonyl (C=O) groups is 3. The fourth-order valence-corrected chi connectivity index (χ4v) is 1.50. The van der Waals surface area contributed by atoms with E-state index >= 15 is 0 Å². The first-order chi connectivity index (χ1) is 7.60. The standard InChI is InChI=1S/C10H15NO5/c1-3-4-16-10(14)11-6-7(12)5-8(11)9(13)15-2/h8H,3-6H2,1-2H3. The number of nitrogens with zero attached hydrogens (tertiary/aromatic N) is 1. The Morgan fingerprint density at radius 2 is 2.19 bits per heavy atom. The van der Waals surface area contributed by atoms with Gasteiger partial charge in [-0.25, -0.2) is 9.59 Å². The van der Waals surface area contributed by atoms with E-state index in [1.165, 1.54) is 7.11 Å².